The molecule has 2 N–H and O–H groups in total. The summed E-state index contributed by atoms with van der Waals surface area (Å²) in [6, 6.07) is 4.32. The van der Waals surface area contributed by atoms with Gasteiger partial charge in [-0.3, -0.25) is 4.90 Å². The van der Waals surface area contributed by atoms with Gasteiger partial charge in [-0.15, -0.1) is 0 Å². The van der Waals surface area contributed by atoms with E-state index in [-0.39, 0.29) is 18.2 Å². The number of nitrogens with zero attached hydrogens (tertiary/aromatic N) is 4. The van der Waals surface area contributed by atoms with Crippen LogP contribution in [0.3, 0.4) is 0 Å². The van der Waals surface area contributed by atoms with Crippen LogP contribution in [0.2, 0.25) is 0 Å². The molecule has 0 aliphatic carbocycles. The molecule has 1 saturated heterocycles. The number of ether oxygens (including phenoxy) is 1. The predicted molar refractivity (Wildman–Crippen MR) is 100 cm³/mol. The third-order valence-corrected chi connectivity index (χ3v) is 5.05. The molecular formula is C19H24F3N5O. The van der Waals surface area contributed by atoms with E-state index < -0.39 is 11.7 Å². The van der Waals surface area contributed by atoms with Gasteiger partial charge in [0.2, 0.25) is 5.95 Å². The summed E-state index contributed by atoms with van der Waals surface area (Å²) in [4.78, 5) is 12.9. The molecular weight excluding hydrogens is 371 g/mol. The van der Waals surface area contributed by atoms with Crippen LogP contribution in [-0.4, -0.2) is 54.1 Å². The zero-order valence-electron chi connectivity index (χ0n) is 15.9. The molecule has 2 aromatic rings. The van der Waals surface area contributed by atoms with E-state index in [9.17, 15) is 13.2 Å². The Morgan fingerprint density at radius 3 is 2.57 bits per heavy atom. The molecule has 1 aromatic carbocycles. The average Bonchev–Trinajstić information content (AvgIpc) is 2.67. The average molecular weight is 395 g/mol. The Labute approximate surface area is 162 Å². The molecule has 0 radical (unpaired) electrons. The van der Waals surface area contributed by atoms with Crippen molar-refractivity contribution in [3.63, 3.8) is 0 Å². The second-order valence-corrected chi connectivity index (χ2v) is 6.92. The molecule has 1 aliphatic rings. The van der Waals surface area contributed by atoms with Gasteiger partial charge in [0.1, 0.15) is 6.61 Å². The van der Waals surface area contributed by atoms with Crippen molar-refractivity contribution in [2.45, 2.75) is 25.7 Å². The van der Waals surface area contributed by atoms with Crippen molar-refractivity contribution >= 4 is 5.95 Å². The number of rotatable bonds is 5. The molecule has 0 bridgehead atoms. The summed E-state index contributed by atoms with van der Waals surface area (Å²) in [6.07, 6.45) is -1.45. The van der Waals surface area contributed by atoms with Crippen LogP contribution in [-0.2, 0) is 12.8 Å². The van der Waals surface area contributed by atoms with Crippen LogP contribution in [0, 0.1) is 6.92 Å². The van der Waals surface area contributed by atoms with Crippen LogP contribution >= 0.6 is 0 Å². The zero-order valence-corrected chi connectivity index (χ0v) is 15.9. The Hall–Kier alpha value is -2.39. The van der Waals surface area contributed by atoms with E-state index in [2.05, 4.69) is 14.9 Å². The van der Waals surface area contributed by atoms with Gasteiger partial charge < -0.3 is 15.4 Å². The van der Waals surface area contributed by atoms with Crippen molar-refractivity contribution < 1.29 is 17.9 Å². The number of alkyl halides is 3. The number of nitrogens with two attached hydrogens (primary N) is 1. The van der Waals surface area contributed by atoms with Crippen LogP contribution < -0.4 is 15.4 Å². The minimum atomic E-state index is -4.42. The molecule has 6 nitrogen and oxygen atoms in total. The predicted octanol–water partition coefficient (Wildman–Crippen LogP) is 2.46. The van der Waals surface area contributed by atoms with E-state index in [1.165, 1.54) is 18.5 Å². The summed E-state index contributed by atoms with van der Waals surface area (Å²) in [7, 11) is 2.04. The summed E-state index contributed by atoms with van der Waals surface area (Å²) < 4.78 is 45.1. The van der Waals surface area contributed by atoms with Crippen molar-refractivity contribution in [2.24, 2.45) is 5.73 Å². The first-order valence-electron chi connectivity index (χ1n) is 9.05. The first kappa shape index (κ1) is 20.3. The maximum absolute atomic E-state index is 13.2. The third kappa shape index (κ3) is 4.53. The van der Waals surface area contributed by atoms with Gasteiger partial charge in [-0.25, -0.2) is 9.97 Å². The molecule has 1 aliphatic heterocycles. The summed E-state index contributed by atoms with van der Waals surface area (Å²) >= 11 is 0. The standard InChI is InChI=1S/C19H24F3N5O/c1-13-4-3-5-17(19(20,21)22)16(13)12-28-15-9-24-18(25-10-15)27-7-6-26(2)14(8-23)11-27/h3-5,9-10,14H,6-8,11-12,23H2,1-2H3/t14-/m0/s1. The molecule has 1 aromatic heterocycles. The summed E-state index contributed by atoms with van der Waals surface area (Å²) in [5.74, 6) is 0.885. The van der Waals surface area contributed by atoms with E-state index in [4.69, 9.17) is 10.5 Å². The summed E-state index contributed by atoms with van der Waals surface area (Å²) in [5, 5.41) is 0. The first-order chi connectivity index (χ1) is 13.3. The van der Waals surface area contributed by atoms with Crippen molar-refractivity contribution in [1.82, 2.24) is 14.9 Å². The normalized spacial score (nSPS) is 18.4. The molecule has 1 atom stereocenters. The molecule has 152 valence electrons. The lowest BCUT2D eigenvalue weighted by Crippen LogP contribution is -2.54. The first-order valence-corrected chi connectivity index (χ1v) is 9.05. The number of piperazine rings is 1. The highest BCUT2D eigenvalue weighted by molar-refractivity contribution is 5.37. The van der Waals surface area contributed by atoms with E-state index in [1.54, 1.807) is 13.0 Å². The van der Waals surface area contributed by atoms with E-state index in [1.807, 2.05) is 11.9 Å². The van der Waals surface area contributed by atoms with Crippen molar-refractivity contribution in [3.8, 4) is 5.75 Å². The van der Waals surface area contributed by atoms with Gasteiger partial charge in [0.05, 0.1) is 18.0 Å². The number of hydrogen-bond donors (Lipinski definition) is 1. The summed E-state index contributed by atoms with van der Waals surface area (Å²) in [5.41, 5.74) is 5.75. The molecule has 3 rings (SSSR count). The van der Waals surface area contributed by atoms with Gasteiger partial charge in [0, 0.05) is 37.8 Å². The minimum Gasteiger partial charge on any atom is -0.486 e. The fourth-order valence-electron chi connectivity index (χ4n) is 3.24. The zero-order chi connectivity index (χ0) is 20.3. The topological polar surface area (TPSA) is 67.5 Å². The Morgan fingerprint density at radius 2 is 1.93 bits per heavy atom. The highest BCUT2D eigenvalue weighted by atomic mass is 19.4. The molecule has 0 unspecified atom stereocenters. The minimum absolute atomic E-state index is 0.115. The van der Waals surface area contributed by atoms with Gasteiger partial charge in [0.15, 0.2) is 5.75 Å². The van der Waals surface area contributed by atoms with Gasteiger partial charge >= 0.3 is 6.18 Å². The SMILES string of the molecule is Cc1cccc(C(F)(F)F)c1COc1cnc(N2CCN(C)[C@@H](CN)C2)nc1. The number of benzene rings is 1. The molecule has 0 amide bonds. The van der Waals surface area contributed by atoms with Crippen molar-refractivity contribution in [2.75, 3.05) is 38.1 Å². The Kier molecular flexibility index (Phi) is 6.04. The van der Waals surface area contributed by atoms with Gasteiger partial charge in [-0.1, -0.05) is 12.1 Å². The van der Waals surface area contributed by atoms with Crippen LogP contribution in [0.25, 0.3) is 0 Å². The Morgan fingerprint density at radius 1 is 1.21 bits per heavy atom. The van der Waals surface area contributed by atoms with Crippen LogP contribution in [0.5, 0.6) is 5.75 Å². The molecule has 0 saturated carbocycles. The Balaban J connectivity index is 1.68. The van der Waals surface area contributed by atoms with Crippen molar-refractivity contribution in [1.29, 1.82) is 0 Å². The number of halogens is 3. The van der Waals surface area contributed by atoms with Crippen LogP contribution in [0.15, 0.2) is 30.6 Å². The second-order valence-electron chi connectivity index (χ2n) is 6.92. The van der Waals surface area contributed by atoms with Gasteiger partial charge in [0.25, 0.3) is 0 Å². The number of anilines is 1. The molecule has 9 heteroatoms. The van der Waals surface area contributed by atoms with Gasteiger partial charge in [-0.05, 0) is 25.6 Å². The highest BCUT2D eigenvalue weighted by Crippen LogP contribution is 2.33. The number of likely N-dealkylation sites (N-methyl/N-ethyl adjacent to an activating group) is 1. The molecule has 28 heavy (non-hydrogen) atoms. The number of aromatic nitrogens is 2. The number of aryl methyl sites for hydroxylation is 1. The molecule has 2 heterocycles. The van der Waals surface area contributed by atoms with Crippen molar-refractivity contribution in [3.05, 3.63) is 47.3 Å². The Bertz CT molecular complexity index is 797. The fourth-order valence-corrected chi connectivity index (χ4v) is 3.24. The maximum atomic E-state index is 13.2. The van der Waals surface area contributed by atoms with E-state index in [0.717, 1.165) is 25.7 Å². The lowest BCUT2D eigenvalue weighted by Gasteiger charge is -2.38. The fraction of sp³-hybridized carbons (Fsp3) is 0.474. The lowest BCUT2D eigenvalue weighted by atomic mass is 10.0. The maximum Gasteiger partial charge on any atom is 0.416 e. The van der Waals surface area contributed by atoms with Crippen LogP contribution in [0.1, 0.15) is 16.7 Å². The van der Waals surface area contributed by atoms with Gasteiger partial charge in [-0.2, -0.15) is 13.2 Å². The smallest absolute Gasteiger partial charge is 0.416 e. The largest absolute Gasteiger partial charge is 0.486 e. The molecule has 0 spiro atoms. The summed E-state index contributed by atoms with van der Waals surface area (Å²) in [6.45, 7) is 4.35. The quantitative estimate of drug-likeness (QED) is 0.839. The molecule has 1 fully saturated rings. The van der Waals surface area contributed by atoms with Crippen LogP contribution in [0.4, 0.5) is 19.1 Å². The van der Waals surface area contributed by atoms with E-state index >= 15 is 0 Å². The lowest BCUT2D eigenvalue weighted by molar-refractivity contribution is -0.138. The van der Waals surface area contributed by atoms with E-state index in [0.29, 0.717) is 23.8 Å². The highest BCUT2D eigenvalue weighted by Gasteiger charge is 2.33. The second kappa shape index (κ2) is 8.32. The monoisotopic (exact) mass is 395 g/mol. The third-order valence-electron chi connectivity index (χ3n) is 5.05. The number of hydrogen-bond acceptors (Lipinski definition) is 6.